The number of carbonyl (C=O) groups excluding carboxylic acids is 1. The van der Waals surface area contributed by atoms with Crippen molar-refractivity contribution >= 4 is 55.9 Å². The van der Waals surface area contributed by atoms with Gasteiger partial charge in [-0.15, -0.1) is 13.2 Å². The summed E-state index contributed by atoms with van der Waals surface area (Å²) in [4.78, 5) is 20.8. The first-order valence-corrected chi connectivity index (χ1v) is 15.4. The number of piperazine rings is 1. The highest BCUT2D eigenvalue weighted by atomic mass is 35.5. The van der Waals surface area contributed by atoms with Gasteiger partial charge in [-0.3, -0.25) is 4.90 Å². The third kappa shape index (κ3) is 6.87. The lowest BCUT2D eigenvalue weighted by Crippen LogP contribution is -2.46. The molecule has 0 N–H and O–H groups in total. The van der Waals surface area contributed by atoms with Crippen LogP contribution < -0.4 is 9.64 Å². The maximum atomic E-state index is 13.1. The van der Waals surface area contributed by atoms with Crippen molar-refractivity contribution in [3.8, 4) is 17.0 Å². The molecule has 1 aliphatic heterocycles. The molecule has 1 saturated carbocycles. The quantitative estimate of drug-likeness (QED) is 0.184. The zero-order valence-electron chi connectivity index (χ0n) is 23.6. The molecule has 1 aliphatic carbocycles. The van der Waals surface area contributed by atoms with E-state index in [0.29, 0.717) is 69.8 Å². The van der Waals surface area contributed by atoms with Crippen LogP contribution in [0.2, 0.25) is 10.0 Å². The summed E-state index contributed by atoms with van der Waals surface area (Å²) in [6, 6.07) is 7.80. The molecule has 0 bridgehead atoms. The molecule has 230 valence electrons. The van der Waals surface area contributed by atoms with Gasteiger partial charge >= 0.3 is 12.3 Å². The van der Waals surface area contributed by atoms with E-state index in [9.17, 15) is 18.0 Å². The monoisotopic (exact) mass is 656 g/mol. The number of thiazole rings is 1. The van der Waals surface area contributed by atoms with Gasteiger partial charge in [0.25, 0.3) is 0 Å². The minimum Gasteiger partial charge on any atom is -0.465 e. The van der Waals surface area contributed by atoms with Gasteiger partial charge in [0.2, 0.25) is 0 Å². The van der Waals surface area contributed by atoms with E-state index >= 15 is 0 Å². The van der Waals surface area contributed by atoms with Gasteiger partial charge < -0.3 is 18.9 Å². The van der Waals surface area contributed by atoms with Gasteiger partial charge in [0.15, 0.2) is 10.9 Å². The average molecular weight is 658 g/mol. The number of rotatable bonds is 7. The standard InChI is InChI=1S/C27H23Cl2F3N4O4S.C2H6/c1-38-25(37)15-11-19(39-27(30,31)32)23-20(12-15)41-26(33-23)36-9-7-35(8-10-36)13-16-22(34-40-24(16)14-5-6-14)21-17(28)3-2-4-18(21)29;1-2/h2-4,11-12,14H,5-10,13H2,1H3;1-2H3. The van der Waals surface area contributed by atoms with Crippen LogP contribution in [0.1, 0.15) is 54.3 Å². The Balaban J connectivity index is 0.00000180. The van der Waals surface area contributed by atoms with Gasteiger partial charge in [0.1, 0.15) is 17.0 Å². The number of esters is 1. The predicted octanol–water partition coefficient (Wildman–Crippen LogP) is 8.17. The maximum absolute atomic E-state index is 13.1. The van der Waals surface area contributed by atoms with Crippen LogP contribution in [0.25, 0.3) is 21.5 Å². The lowest BCUT2D eigenvalue weighted by atomic mass is 10.0. The summed E-state index contributed by atoms with van der Waals surface area (Å²) in [6.07, 6.45) is -2.85. The molecule has 0 radical (unpaired) electrons. The average Bonchev–Trinajstić information content (AvgIpc) is 3.60. The third-order valence-corrected chi connectivity index (χ3v) is 8.78. The van der Waals surface area contributed by atoms with Crippen LogP contribution in [0, 0.1) is 0 Å². The third-order valence-electron chi connectivity index (χ3n) is 7.09. The molecule has 2 aromatic heterocycles. The summed E-state index contributed by atoms with van der Waals surface area (Å²) in [5.41, 5.74) is 2.26. The van der Waals surface area contributed by atoms with Crippen LogP contribution in [-0.4, -0.2) is 60.7 Å². The molecule has 14 heteroatoms. The van der Waals surface area contributed by atoms with Gasteiger partial charge in [0, 0.05) is 49.8 Å². The molecule has 6 rings (SSSR count). The van der Waals surface area contributed by atoms with Crippen molar-refractivity contribution in [2.75, 3.05) is 38.2 Å². The van der Waals surface area contributed by atoms with Crippen LogP contribution >= 0.6 is 34.5 Å². The normalized spacial score (nSPS) is 15.8. The number of fused-ring (bicyclic) bond motifs is 1. The van der Waals surface area contributed by atoms with E-state index in [-0.39, 0.29) is 11.1 Å². The highest BCUT2D eigenvalue weighted by Crippen LogP contribution is 2.46. The molecule has 3 heterocycles. The number of benzene rings is 2. The molecule has 0 unspecified atom stereocenters. The summed E-state index contributed by atoms with van der Waals surface area (Å²) < 4.78 is 54.4. The zero-order valence-corrected chi connectivity index (χ0v) is 26.0. The molecular formula is C29H29Cl2F3N4O4S. The van der Waals surface area contributed by atoms with Gasteiger partial charge in [-0.1, -0.05) is 59.6 Å². The van der Waals surface area contributed by atoms with Gasteiger partial charge in [-0.25, -0.2) is 9.78 Å². The Labute approximate surface area is 260 Å². The summed E-state index contributed by atoms with van der Waals surface area (Å²) in [7, 11) is 1.16. The summed E-state index contributed by atoms with van der Waals surface area (Å²) in [5.74, 6) is -0.107. The molecule has 43 heavy (non-hydrogen) atoms. The second-order valence-corrected chi connectivity index (χ2v) is 11.7. The topological polar surface area (TPSA) is 80.9 Å². The number of anilines is 1. The number of carbonyl (C=O) groups is 1. The molecule has 1 saturated heterocycles. The molecule has 2 fully saturated rings. The Bertz CT molecular complexity index is 1590. The molecule has 8 nitrogen and oxygen atoms in total. The second-order valence-electron chi connectivity index (χ2n) is 9.87. The maximum Gasteiger partial charge on any atom is 0.573 e. The van der Waals surface area contributed by atoms with E-state index in [4.69, 9.17) is 32.5 Å². The Kier molecular flexibility index (Phi) is 9.40. The van der Waals surface area contributed by atoms with Gasteiger partial charge in [-0.2, -0.15) is 0 Å². The summed E-state index contributed by atoms with van der Waals surface area (Å²) in [5, 5.41) is 5.91. The van der Waals surface area contributed by atoms with Crippen LogP contribution in [0.3, 0.4) is 0 Å². The van der Waals surface area contributed by atoms with Crippen LogP contribution in [0.4, 0.5) is 18.3 Å². The molecule has 2 aromatic carbocycles. The number of aromatic nitrogens is 2. The van der Waals surface area contributed by atoms with E-state index < -0.39 is 18.1 Å². The van der Waals surface area contributed by atoms with Crippen molar-refractivity contribution in [3.63, 3.8) is 0 Å². The Morgan fingerprint density at radius 2 is 1.79 bits per heavy atom. The van der Waals surface area contributed by atoms with Crippen molar-refractivity contribution in [2.45, 2.75) is 45.5 Å². The van der Waals surface area contributed by atoms with Crippen molar-refractivity contribution in [1.82, 2.24) is 15.0 Å². The number of halogens is 5. The molecule has 0 amide bonds. The van der Waals surface area contributed by atoms with E-state index in [1.165, 1.54) is 17.4 Å². The lowest BCUT2D eigenvalue weighted by molar-refractivity contribution is -0.274. The van der Waals surface area contributed by atoms with E-state index in [1.807, 2.05) is 18.7 Å². The second kappa shape index (κ2) is 12.9. The van der Waals surface area contributed by atoms with Crippen molar-refractivity contribution in [2.24, 2.45) is 0 Å². The molecule has 4 aromatic rings. The smallest absolute Gasteiger partial charge is 0.465 e. The fraction of sp³-hybridized carbons (Fsp3) is 0.414. The SMILES string of the molecule is CC.COC(=O)c1cc(OC(F)(F)F)c2nc(N3CCN(Cc4c(-c5c(Cl)cccc5Cl)noc4C4CC4)CC3)sc2c1. The van der Waals surface area contributed by atoms with Gasteiger partial charge in [0.05, 0.1) is 27.4 Å². The van der Waals surface area contributed by atoms with E-state index in [2.05, 4.69) is 19.8 Å². The first-order chi connectivity index (χ1) is 20.6. The Morgan fingerprint density at radius 1 is 1.12 bits per heavy atom. The number of hydrogen-bond acceptors (Lipinski definition) is 9. The van der Waals surface area contributed by atoms with Crippen LogP contribution in [0.5, 0.6) is 5.75 Å². The van der Waals surface area contributed by atoms with Crippen LogP contribution in [-0.2, 0) is 11.3 Å². The Hall–Kier alpha value is -3.06. The Morgan fingerprint density at radius 3 is 2.40 bits per heavy atom. The fourth-order valence-corrected chi connectivity index (χ4v) is 6.59. The molecule has 2 aliphatic rings. The molecular weight excluding hydrogens is 628 g/mol. The summed E-state index contributed by atoms with van der Waals surface area (Å²) in [6.45, 7) is 7.10. The largest absolute Gasteiger partial charge is 0.573 e. The molecule has 0 spiro atoms. The zero-order chi connectivity index (χ0) is 30.9. The number of hydrogen-bond donors (Lipinski definition) is 0. The number of methoxy groups -OCH3 is 1. The van der Waals surface area contributed by atoms with Crippen LogP contribution in [0.15, 0.2) is 34.9 Å². The predicted molar refractivity (Wildman–Crippen MR) is 160 cm³/mol. The van der Waals surface area contributed by atoms with Crippen molar-refractivity contribution < 1.29 is 32.0 Å². The number of nitrogens with zero attached hydrogens (tertiary/aromatic N) is 4. The van der Waals surface area contributed by atoms with Crippen molar-refractivity contribution in [3.05, 3.63) is 57.3 Å². The lowest BCUT2D eigenvalue weighted by Gasteiger charge is -2.34. The van der Waals surface area contributed by atoms with Crippen molar-refractivity contribution in [1.29, 1.82) is 0 Å². The number of alkyl halides is 3. The highest BCUT2D eigenvalue weighted by Gasteiger charge is 2.35. The minimum absolute atomic E-state index is 0.0391. The van der Waals surface area contributed by atoms with E-state index in [0.717, 1.165) is 37.3 Å². The number of ether oxygens (including phenoxy) is 2. The van der Waals surface area contributed by atoms with E-state index in [1.54, 1.807) is 18.2 Å². The highest BCUT2D eigenvalue weighted by molar-refractivity contribution is 7.22. The fourth-order valence-electron chi connectivity index (χ4n) is 4.94. The molecule has 0 atom stereocenters. The summed E-state index contributed by atoms with van der Waals surface area (Å²) >= 11 is 14.2. The first kappa shape index (κ1) is 31.4. The first-order valence-electron chi connectivity index (χ1n) is 13.8. The van der Waals surface area contributed by atoms with Gasteiger partial charge in [-0.05, 0) is 37.1 Å². The minimum atomic E-state index is -4.94.